The van der Waals surface area contributed by atoms with Crippen LogP contribution in [0, 0.1) is 19.8 Å². The molecule has 2 N–H and O–H groups in total. The lowest BCUT2D eigenvalue weighted by atomic mass is 10.1. The van der Waals surface area contributed by atoms with Crippen LogP contribution in [0.15, 0.2) is 0 Å². The van der Waals surface area contributed by atoms with Gasteiger partial charge in [0.1, 0.15) is 5.69 Å². The molecular formula is C15H22N2O3. The van der Waals surface area contributed by atoms with Crippen LogP contribution in [-0.2, 0) is 4.74 Å². The summed E-state index contributed by atoms with van der Waals surface area (Å²) in [6.07, 6.45) is 2.36. The number of aryl methyl sites for hydroxylation is 1. The normalized spacial score (nSPS) is 15.8. The van der Waals surface area contributed by atoms with Crippen LogP contribution in [0.3, 0.4) is 0 Å². The largest absolute Gasteiger partial charge is 0.462 e. The van der Waals surface area contributed by atoms with Crippen molar-refractivity contribution in [3.8, 4) is 0 Å². The predicted octanol–water partition coefficient (Wildman–Crippen LogP) is 2.34. The van der Waals surface area contributed by atoms with E-state index >= 15 is 0 Å². The molecule has 0 saturated heterocycles. The lowest BCUT2D eigenvalue weighted by Gasteiger charge is -2.12. The number of amides is 1. The molecule has 2 rings (SSSR count). The number of carbonyl (C=O) groups excluding carboxylic acids is 2. The maximum atomic E-state index is 12.3. The zero-order valence-electron chi connectivity index (χ0n) is 12.5. The molecule has 0 aliphatic heterocycles. The van der Waals surface area contributed by atoms with Gasteiger partial charge >= 0.3 is 5.97 Å². The van der Waals surface area contributed by atoms with Gasteiger partial charge in [-0.1, -0.05) is 0 Å². The molecular weight excluding hydrogens is 256 g/mol. The highest BCUT2D eigenvalue weighted by molar-refractivity contribution is 6.00. The molecule has 1 aromatic rings. The number of H-pyrrole nitrogens is 1. The summed E-state index contributed by atoms with van der Waals surface area (Å²) in [5.74, 6) is 0.0634. The van der Waals surface area contributed by atoms with Crippen molar-refractivity contribution in [3.63, 3.8) is 0 Å². The fourth-order valence-corrected chi connectivity index (χ4v) is 2.48. The van der Waals surface area contributed by atoms with Gasteiger partial charge in [0.15, 0.2) is 0 Å². The molecule has 0 aromatic carbocycles. The van der Waals surface area contributed by atoms with Crippen LogP contribution in [-0.4, -0.2) is 29.5 Å². The van der Waals surface area contributed by atoms with Gasteiger partial charge in [-0.3, -0.25) is 4.79 Å². The minimum absolute atomic E-state index is 0.152. The van der Waals surface area contributed by atoms with Crippen molar-refractivity contribution in [1.82, 2.24) is 10.3 Å². The Morgan fingerprint density at radius 3 is 2.60 bits per heavy atom. The summed E-state index contributed by atoms with van der Waals surface area (Å²) >= 11 is 0. The molecule has 1 aliphatic carbocycles. The van der Waals surface area contributed by atoms with E-state index in [2.05, 4.69) is 10.3 Å². The molecule has 0 radical (unpaired) electrons. The first-order valence-corrected chi connectivity index (χ1v) is 7.12. The highest BCUT2D eigenvalue weighted by Crippen LogP contribution is 2.32. The molecule has 1 heterocycles. The van der Waals surface area contributed by atoms with Crippen molar-refractivity contribution < 1.29 is 14.3 Å². The number of carbonyl (C=O) groups is 2. The van der Waals surface area contributed by atoms with Crippen molar-refractivity contribution in [2.75, 3.05) is 6.61 Å². The number of rotatable bonds is 5. The molecule has 0 spiro atoms. The summed E-state index contributed by atoms with van der Waals surface area (Å²) in [5.41, 5.74) is 2.25. The maximum Gasteiger partial charge on any atom is 0.340 e. The number of nitrogens with one attached hydrogen (secondary N) is 2. The molecule has 110 valence electrons. The fourth-order valence-electron chi connectivity index (χ4n) is 2.48. The third-order valence-electron chi connectivity index (χ3n) is 3.83. The standard InChI is InChI=1S/C15H22N2O3/c1-5-20-15(19)12-8(2)13(16-10(12)4)14(18)17-9(3)11-6-7-11/h9,11,16H,5-7H2,1-4H3,(H,17,18). The van der Waals surface area contributed by atoms with Crippen molar-refractivity contribution in [3.05, 3.63) is 22.5 Å². The number of esters is 1. The second kappa shape index (κ2) is 5.69. The summed E-state index contributed by atoms with van der Waals surface area (Å²) in [7, 11) is 0. The van der Waals surface area contributed by atoms with Crippen LogP contribution < -0.4 is 5.32 Å². The third kappa shape index (κ3) is 2.86. The quantitative estimate of drug-likeness (QED) is 0.812. The van der Waals surface area contributed by atoms with Gasteiger partial charge in [0.25, 0.3) is 5.91 Å². The SMILES string of the molecule is CCOC(=O)c1c(C)[nH]c(C(=O)NC(C)C2CC2)c1C. The summed E-state index contributed by atoms with van der Waals surface area (Å²) in [6.45, 7) is 7.66. The Bertz CT molecular complexity index is 529. The highest BCUT2D eigenvalue weighted by Gasteiger charge is 2.30. The van der Waals surface area contributed by atoms with Gasteiger partial charge < -0.3 is 15.0 Å². The highest BCUT2D eigenvalue weighted by atomic mass is 16.5. The number of hydrogen-bond acceptors (Lipinski definition) is 3. The molecule has 5 nitrogen and oxygen atoms in total. The lowest BCUT2D eigenvalue weighted by molar-refractivity contribution is 0.0525. The predicted molar refractivity (Wildman–Crippen MR) is 75.9 cm³/mol. The lowest BCUT2D eigenvalue weighted by Crippen LogP contribution is -2.34. The van der Waals surface area contributed by atoms with Crippen molar-refractivity contribution in [1.29, 1.82) is 0 Å². The molecule has 1 atom stereocenters. The molecule has 5 heteroatoms. The first-order valence-electron chi connectivity index (χ1n) is 7.12. The Morgan fingerprint density at radius 1 is 1.40 bits per heavy atom. The van der Waals surface area contributed by atoms with Crippen molar-refractivity contribution in [2.45, 2.75) is 46.6 Å². The molecule has 20 heavy (non-hydrogen) atoms. The zero-order valence-corrected chi connectivity index (χ0v) is 12.5. The molecule has 1 aromatic heterocycles. The van der Waals surface area contributed by atoms with E-state index in [4.69, 9.17) is 4.74 Å². The summed E-state index contributed by atoms with van der Waals surface area (Å²) in [6, 6.07) is 0.177. The van der Waals surface area contributed by atoms with Gasteiger partial charge in [0.05, 0.1) is 12.2 Å². The smallest absolute Gasteiger partial charge is 0.340 e. The van der Waals surface area contributed by atoms with Gasteiger partial charge in [0.2, 0.25) is 0 Å². The van der Waals surface area contributed by atoms with Crippen LogP contribution >= 0.6 is 0 Å². The van der Waals surface area contributed by atoms with E-state index in [0.717, 1.165) is 0 Å². The average Bonchev–Trinajstić information content (AvgIpc) is 3.16. The van der Waals surface area contributed by atoms with Gasteiger partial charge in [-0.2, -0.15) is 0 Å². The Morgan fingerprint density at radius 2 is 2.05 bits per heavy atom. The molecule has 1 aliphatic rings. The average molecular weight is 278 g/mol. The molecule has 0 bridgehead atoms. The Kier molecular flexibility index (Phi) is 4.16. The van der Waals surface area contributed by atoms with E-state index in [0.29, 0.717) is 35.0 Å². The van der Waals surface area contributed by atoms with Crippen LogP contribution in [0.2, 0.25) is 0 Å². The van der Waals surface area contributed by atoms with Crippen molar-refractivity contribution in [2.24, 2.45) is 5.92 Å². The van der Waals surface area contributed by atoms with E-state index in [1.165, 1.54) is 12.8 Å². The summed E-state index contributed by atoms with van der Waals surface area (Å²) in [4.78, 5) is 27.2. The van der Waals surface area contributed by atoms with E-state index in [1.807, 2.05) is 6.92 Å². The maximum absolute atomic E-state index is 12.3. The van der Waals surface area contributed by atoms with Gasteiger partial charge in [0, 0.05) is 11.7 Å². The Labute approximate surface area is 119 Å². The summed E-state index contributed by atoms with van der Waals surface area (Å²) < 4.78 is 5.02. The minimum Gasteiger partial charge on any atom is -0.462 e. The number of ether oxygens (including phenoxy) is 1. The first kappa shape index (κ1) is 14.6. The van der Waals surface area contributed by atoms with Gasteiger partial charge in [-0.05, 0) is 52.0 Å². The third-order valence-corrected chi connectivity index (χ3v) is 3.83. The van der Waals surface area contributed by atoms with Crippen molar-refractivity contribution >= 4 is 11.9 Å². The van der Waals surface area contributed by atoms with Crippen LogP contribution in [0.1, 0.15) is 58.8 Å². The Balaban J connectivity index is 2.17. The van der Waals surface area contributed by atoms with Crippen LogP contribution in [0.4, 0.5) is 0 Å². The number of hydrogen-bond donors (Lipinski definition) is 2. The van der Waals surface area contributed by atoms with Gasteiger partial charge in [-0.15, -0.1) is 0 Å². The second-order valence-electron chi connectivity index (χ2n) is 5.45. The monoisotopic (exact) mass is 278 g/mol. The van der Waals surface area contributed by atoms with E-state index < -0.39 is 0 Å². The second-order valence-corrected chi connectivity index (χ2v) is 5.45. The number of aromatic amines is 1. The topological polar surface area (TPSA) is 71.2 Å². The van der Waals surface area contributed by atoms with E-state index in [1.54, 1.807) is 20.8 Å². The van der Waals surface area contributed by atoms with E-state index in [-0.39, 0.29) is 17.9 Å². The van der Waals surface area contributed by atoms with Crippen LogP contribution in [0.25, 0.3) is 0 Å². The first-order chi connectivity index (χ1) is 9.45. The summed E-state index contributed by atoms with van der Waals surface area (Å²) in [5, 5.41) is 2.99. The van der Waals surface area contributed by atoms with Gasteiger partial charge in [-0.25, -0.2) is 4.79 Å². The zero-order chi connectivity index (χ0) is 14.9. The van der Waals surface area contributed by atoms with E-state index in [9.17, 15) is 9.59 Å². The minimum atomic E-state index is -0.381. The fraction of sp³-hybridized carbons (Fsp3) is 0.600. The molecule has 1 saturated carbocycles. The number of aromatic nitrogens is 1. The molecule has 1 fully saturated rings. The Hall–Kier alpha value is -1.78. The molecule has 1 amide bonds. The van der Waals surface area contributed by atoms with Crippen LogP contribution in [0.5, 0.6) is 0 Å². The molecule has 1 unspecified atom stereocenters.